The third-order valence-corrected chi connectivity index (χ3v) is 2.33. The van der Waals surface area contributed by atoms with Gasteiger partial charge in [0, 0.05) is 12.4 Å². The molecule has 2 heterocycles. The molecule has 1 aliphatic rings. The quantitative estimate of drug-likeness (QED) is 0.636. The number of nitrogens with zero attached hydrogens (tertiary/aromatic N) is 2. The highest BCUT2D eigenvalue weighted by Gasteiger charge is 2.42. The van der Waals surface area contributed by atoms with Crippen LogP contribution in [0.5, 0.6) is 0 Å². The van der Waals surface area contributed by atoms with E-state index in [0.717, 1.165) is 11.4 Å². The zero-order valence-electron chi connectivity index (χ0n) is 7.66. The molecule has 1 saturated heterocycles. The van der Waals surface area contributed by atoms with Gasteiger partial charge in [0.2, 0.25) is 5.91 Å². The first kappa shape index (κ1) is 8.16. The van der Waals surface area contributed by atoms with Crippen molar-refractivity contribution < 1.29 is 4.79 Å². The Labute approximate surface area is 76.4 Å². The molecule has 68 valence electrons. The van der Waals surface area contributed by atoms with E-state index >= 15 is 0 Å². The topological polar surface area (TPSA) is 54.9 Å². The number of amides is 1. The van der Waals surface area contributed by atoms with Crippen molar-refractivity contribution in [3.63, 3.8) is 0 Å². The lowest BCUT2D eigenvalue weighted by atomic mass is 9.85. The van der Waals surface area contributed by atoms with E-state index in [4.69, 9.17) is 0 Å². The highest BCUT2D eigenvalue weighted by molar-refractivity contribution is 5.85. The van der Waals surface area contributed by atoms with E-state index in [9.17, 15) is 4.79 Å². The summed E-state index contributed by atoms with van der Waals surface area (Å²) in [6.45, 7) is 3.86. The average molecular weight is 177 g/mol. The molecular weight excluding hydrogens is 166 g/mol. The number of β-lactam (4-membered cyclic amide) rings is 1. The van der Waals surface area contributed by atoms with E-state index in [2.05, 4.69) is 15.3 Å². The first-order valence-electron chi connectivity index (χ1n) is 4.21. The Morgan fingerprint density at radius 1 is 1.46 bits per heavy atom. The monoisotopic (exact) mass is 177 g/mol. The summed E-state index contributed by atoms with van der Waals surface area (Å²) in [5.74, 6) is 0.0764. The number of carbonyl (C=O) groups is 1. The normalized spacial score (nSPS) is 26.5. The minimum Gasteiger partial charge on any atom is -0.345 e. The molecule has 1 atom stereocenters. The number of rotatable bonds is 1. The molecule has 2 rings (SSSR count). The van der Waals surface area contributed by atoms with Crippen LogP contribution >= 0.6 is 0 Å². The van der Waals surface area contributed by atoms with Crippen LogP contribution in [0, 0.1) is 6.92 Å². The van der Waals surface area contributed by atoms with Crippen LogP contribution in [-0.4, -0.2) is 15.9 Å². The maximum atomic E-state index is 10.8. The molecule has 1 amide bonds. The summed E-state index contributed by atoms with van der Waals surface area (Å²) in [5.41, 5.74) is 1.45. The average Bonchev–Trinajstić information content (AvgIpc) is 2.02. The van der Waals surface area contributed by atoms with Gasteiger partial charge in [-0.1, -0.05) is 0 Å². The van der Waals surface area contributed by atoms with Crippen LogP contribution in [0.3, 0.4) is 0 Å². The predicted molar refractivity (Wildman–Crippen MR) is 46.9 cm³/mol. The molecule has 1 N–H and O–H groups in total. The lowest BCUT2D eigenvalue weighted by Gasteiger charge is -2.38. The molecule has 0 aliphatic carbocycles. The Morgan fingerprint density at radius 2 is 2.08 bits per heavy atom. The number of hydrogen-bond acceptors (Lipinski definition) is 3. The van der Waals surface area contributed by atoms with E-state index in [1.807, 2.05) is 13.8 Å². The number of aryl methyl sites for hydroxylation is 1. The van der Waals surface area contributed by atoms with Gasteiger partial charge in [0.25, 0.3) is 0 Å². The molecule has 0 radical (unpaired) electrons. The van der Waals surface area contributed by atoms with E-state index in [1.165, 1.54) is 0 Å². The molecule has 4 heteroatoms. The Hall–Kier alpha value is -1.45. The van der Waals surface area contributed by atoms with E-state index in [-0.39, 0.29) is 11.4 Å². The lowest BCUT2D eigenvalue weighted by Crippen LogP contribution is -2.57. The maximum Gasteiger partial charge on any atom is 0.223 e. The summed E-state index contributed by atoms with van der Waals surface area (Å²) < 4.78 is 0. The summed E-state index contributed by atoms with van der Waals surface area (Å²) in [6.07, 6.45) is 3.81. The third kappa shape index (κ3) is 1.18. The second-order valence-corrected chi connectivity index (χ2v) is 3.55. The van der Waals surface area contributed by atoms with Crippen LogP contribution in [0.2, 0.25) is 0 Å². The highest BCUT2D eigenvalue weighted by atomic mass is 16.2. The van der Waals surface area contributed by atoms with Crippen molar-refractivity contribution in [3.8, 4) is 0 Å². The van der Waals surface area contributed by atoms with Crippen molar-refractivity contribution in [2.24, 2.45) is 0 Å². The van der Waals surface area contributed by atoms with Crippen molar-refractivity contribution in [1.29, 1.82) is 0 Å². The Morgan fingerprint density at radius 3 is 2.62 bits per heavy atom. The van der Waals surface area contributed by atoms with Gasteiger partial charge in [-0.3, -0.25) is 14.8 Å². The largest absolute Gasteiger partial charge is 0.345 e. The van der Waals surface area contributed by atoms with E-state index in [0.29, 0.717) is 6.42 Å². The fourth-order valence-electron chi connectivity index (χ4n) is 1.70. The smallest absolute Gasteiger partial charge is 0.223 e. The predicted octanol–water partition coefficient (Wildman–Crippen LogP) is 0.520. The van der Waals surface area contributed by atoms with Crippen LogP contribution in [0.15, 0.2) is 12.4 Å². The molecule has 0 bridgehead atoms. The summed E-state index contributed by atoms with van der Waals surface area (Å²) in [7, 11) is 0. The molecular formula is C9H11N3O. The molecule has 1 fully saturated rings. The van der Waals surface area contributed by atoms with E-state index < -0.39 is 0 Å². The van der Waals surface area contributed by atoms with Gasteiger partial charge in [-0.25, -0.2) is 0 Å². The second kappa shape index (κ2) is 2.52. The minimum atomic E-state index is -0.296. The zero-order chi connectivity index (χ0) is 9.47. The van der Waals surface area contributed by atoms with Gasteiger partial charge >= 0.3 is 0 Å². The number of hydrogen-bond donors (Lipinski definition) is 1. The lowest BCUT2D eigenvalue weighted by molar-refractivity contribution is -0.132. The van der Waals surface area contributed by atoms with Crippen molar-refractivity contribution in [2.75, 3.05) is 0 Å². The molecule has 1 aromatic heterocycles. The fourth-order valence-corrected chi connectivity index (χ4v) is 1.70. The zero-order valence-corrected chi connectivity index (χ0v) is 7.66. The van der Waals surface area contributed by atoms with Gasteiger partial charge in [0.15, 0.2) is 0 Å². The standard InChI is InChI=1S/C9H11N3O/c1-6-8(11-4-3-10-6)9(2)5-7(13)12-9/h3-4H,5H2,1-2H3,(H,12,13). The van der Waals surface area contributed by atoms with Gasteiger partial charge < -0.3 is 5.32 Å². The third-order valence-electron chi connectivity index (χ3n) is 2.33. The summed E-state index contributed by atoms with van der Waals surface area (Å²) >= 11 is 0. The number of aromatic nitrogens is 2. The maximum absolute atomic E-state index is 10.8. The van der Waals surface area contributed by atoms with Crippen LogP contribution in [0.25, 0.3) is 0 Å². The van der Waals surface area contributed by atoms with Gasteiger partial charge in [0.1, 0.15) is 0 Å². The Bertz CT molecular complexity index is 354. The fraction of sp³-hybridized carbons (Fsp3) is 0.444. The van der Waals surface area contributed by atoms with Crippen molar-refractivity contribution >= 4 is 5.91 Å². The number of nitrogens with one attached hydrogen (secondary N) is 1. The van der Waals surface area contributed by atoms with Gasteiger partial charge in [-0.2, -0.15) is 0 Å². The summed E-state index contributed by atoms with van der Waals surface area (Å²) in [6, 6.07) is 0. The van der Waals surface area contributed by atoms with Crippen molar-refractivity contribution in [3.05, 3.63) is 23.8 Å². The van der Waals surface area contributed by atoms with Crippen LogP contribution < -0.4 is 5.32 Å². The van der Waals surface area contributed by atoms with Crippen molar-refractivity contribution in [2.45, 2.75) is 25.8 Å². The van der Waals surface area contributed by atoms with Crippen LogP contribution in [-0.2, 0) is 10.3 Å². The molecule has 1 aromatic rings. The molecule has 1 aliphatic heterocycles. The van der Waals surface area contributed by atoms with Gasteiger partial charge in [-0.05, 0) is 13.8 Å². The van der Waals surface area contributed by atoms with Crippen LogP contribution in [0.4, 0.5) is 0 Å². The first-order chi connectivity index (χ1) is 6.12. The molecule has 1 unspecified atom stereocenters. The van der Waals surface area contributed by atoms with Gasteiger partial charge in [-0.15, -0.1) is 0 Å². The second-order valence-electron chi connectivity index (χ2n) is 3.55. The Kier molecular flexibility index (Phi) is 1.58. The number of carbonyl (C=O) groups excluding carboxylic acids is 1. The molecule has 4 nitrogen and oxygen atoms in total. The van der Waals surface area contributed by atoms with E-state index in [1.54, 1.807) is 12.4 Å². The minimum absolute atomic E-state index is 0.0764. The SMILES string of the molecule is Cc1nccnc1C1(C)CC(=O)N1. The highest BCUT2D eigenvalue weighted by Crippen LogP contribution is 2.30. The molecule has 0 aromatic carbocycles. The molecule has 0 saturated carbocycles. The Balaban J connectivity index is 2.36. The van der Waals surface area contributed by atoms with Crippen molar-refractivity contribution in [1.82, 2.24) is 15.3 Å². The summed E-state index contributed by atoms with van der Waals surface area (Å²) in [5, 5.41) is 2.83. The van der Waals surface area contributed by atoms with Crippen LogP contribution in [0.1, 0.15) is 24.7 Å². The van der Waals surface area contributed by atoms with Gasteiger partial charge in [0.05, 0.1) is 23.3 Å². The first-order valence-corrected chi connectivity index (χ1v) is 4.21. The summed E-state index contributed by atoms with van der Waals surface area (Å²) in [4.78, 5) is 19.2. The molecule has 0 spiro atoms. The molecule has 13 heavy (non-hydrogen) atoms.